The van der Waals surface area contributed by atoms with Gasteiger partial charge >= 0.3 is 0 Å². The SMILES string of the molecule is CC(CNC(=O)C1CCCN1)Oc1ccc(Cl)cc1. The Morgan fingerprint density at radius 2 is 2.26 bits per heavy atom. The molecule has 1 aliphatic heterocycles. The van der Waals surface area contributed by atoms with Gasteiger partial charge in [-0.05, 0) is 50.6 Å². The van der Waals surface area contributed by atoms with Crippen LogP contribution in [0.5, 0.6) is 5.75 Å². The minimum absolute atomic E-state index is 0.0391. The average Bonchev–Trinajstić information content (AvgIpc) is 2.93. The number of carbonyl (C=O) groups is 1. The van der Waals surface area contributed by atoms with Gasteiger partial charge in [-0.25, -0.2) is 0 Å². The zero-order valence-corrected chi connectivity index (χ0v) is 11.7. The van der Waals surface area contributed by atoms with Crippen molar-refractivity contribution in [3.05, 3.63) is 29.3 Å². The van der Waals surface area contributed by atoms with Crippen molar-refractivity contribution in [1.82, 2.24) is 10.6 Å². The van der Waals surface area contributed by atoms with E-state index in [0.717, 1.165) is 25.1 Å². The highest BCUT2D eigenvalue weighted by Crippen LogP contribution is 2.16. The minimum atomic E-state index is -0.0773. The summed E-state index contributed by atoms with van der Waals surface area (Å²) in [6, 6.07) is 7.16. The Morgan fingerprint density at radius 3 is 2.89 bits per heavy atom. The molecule has 1 amide bonds. The molecule has 1 aliphatic rings. The number of amides is 1. The molecule has 5 heteroatoms. The highest BCUT2D eigenvalue weighted by Gasteiger charge is 2.21. The van der Waals surface area contributed by atoms with Crippen molar-refractivity contribution in [2.75, 3.05) is 13.1 Å². The molecule has 1 aromatic rings. The summed E-state index contributed by atoms with van der Waals surface area (Å²) < 4.78 is 5.69. The second kappa shape index (κ2) is 6.78. The van der Waals surface area contributed by atoms with Gasteiger partial charge in [0.05, 0.1) is 12.6 Å². The molecule has 2 unspecified atom stereocenters. The fraction of sp³-hybridized carbons (Fsp3) is 0.500. The van der Waals surface area contributed by atoms with Crippen LogP contribution in [0.3, 0.4) is 0 Å². The quantitative estimate of drug-likeness (QED) is 0.868. The lowest BCUT2D eigenvalue weighted by atomic mass is 10.2. The third kappa shape index (κ3) is 4.40. The number of hydrogen-bond donors (Lipinski definition) is 2. The molecule has 1 aromatic carbocycles. The largest absolute Gasteiger partial charge is 0.489 e. The molecule has 0 aromatic heterocycles. The predicted molar refractivity (Wildman–Crippen MR) is 75.6 cm³/mol. The number of rotatable bonds is 5. The molecule has 0 radical (unpaired) electrons. The summed E-state index contributed by atoms with van der Waals surface area (Å²) in [5.74, 6) is 0.814. The van der Waals surface area contributed by atoms with Crippen LogP contribution in [0.4, 0.5) is 0 Å². The number of ether oxygens (including phenoxy) is 1. The van der Waals surface area contributed by atoms with E-state index in [9.17, 15) is 4.79 Å². The highest BCUT2D eigenvalue weighted by molar-refractivity contribution is 6.30. The van der Waals surface area contributed by atoms with Crippen LogP contribution in [0.1, 0.15) is 19.8 Å². The standard InChI is InChI=1S/C14H19ClN2O2/c1-10(19-12-6-4-11(15)5-7-12)9-17-14(18)13-3-2-8-16-13/h4-7,10,13,16H,2-3,8-9H2,1H3,(H,17,18). The smallest absolute Gasteiger partial charge is 0.237 e. The summed E-state index contributed by atoms with van der Waals surface area (Å²) in [5, 5.41) is 6.75. The number of hydrogen-bond acceptors (Lipinski definition) is 3. The predicted octanol–water partition coefficient (Wildman–Crippen LogP) is 1.98. The molecule has 1 saturated heterocycles. The van der Waals surface area contributed by atoms with Crippen molar-refractivity contribution in [2.45, 2.75) is 31.9 Å². The van der Waals surface area contributed by atoms with Crippen molar-refractivity contribution in [1.29, 1.82) is 0 Å². The van der Waals surface area contributed by atoms with E-state index in [1.54, 1.807) is 12.1 Å². The zero-order chi connectivity index (χ0) is 13.7. The summed E-state index contributed by atoms with van der Waals surface area (Å²) in [4.78, 5) is 11.8. The maximum absolute atomic E-state index is 11.8. The first-order valence-electron chi connectivity index (χ1n) is 6.58. The van der Waals surface area contributed by atoms with Crippen LogP contribution in [0, 0.1) is 0 Å². The Kier molecular flexibility index (Phi) is 5.05. The third-order valence-corrected chi connectivity index (χ3v) is 3.34. The van der Waals surface area contributed by atoms with Gasteiger partial charge in [0.1, 0.15) is 11.9 Å². The summed E-state index contributed by atoms with van der Waals surface area (Å²) in [6.45, 7) is 3.35. The maximum Gasteiger partial charge on any atom is 0.237 e. The van der Waals surface area contributed by atoms with Crippen LogP contribution >= 0.6 is 11.6 Å². The molecule has 104 valence electrons. The molecule has 4 nitrogen and oxygen atoms in total. The van der Waals surface area contributed by atoms with Crippen molar-refractivity contribution in [3.63, 3.8) is 0 Å². The van der Waals surface area contributed by atoms with Gasteiger partial charge in [-0.2, -0.15) is 0 Å². The first kappa shape index (κ1) is 14.2. The van der Waals surface area contributed by atoms with Crippen LogP contribution in [0.15, 0.2) is 24.3 Å². The van der Waals surface area contributed by atoms with E-state index in [2.05, 4.69) is 10.6 Å². The van der Waals surface area contributed by atoms with E-state index in [1.165, 1.54) is 0 Å². The highest BCUT2D eigenvalue weighted by atomic mass is 35.5. The van der Waals surface area contributed by atoms with Gasteiger partial charge in [-0.1, -0.05) is 11.6 Å². The number of carbonyl (C=O) groups excluding carboxylic acids is 1. The fourth-order valence-electron chi connectivity index (χ4n) is 2.06. The number of nitrogens with one attached hydrogen (secondary N) is 2. The summed E-state index contributed by atoms with van der Waals surface area (Å²) >= 11 is 5.80. The molecule has 0 spiro atoms. The second-order valence-electron chi connectivity index (χ2n) is 4.78. The van der Waals surface area contributed by atoms with Gasteiger partial charge in [0.25, 0.3) is 0 Å². The molecule has 2 atom stereocenters. The van der Waals surface area contributed by atoms with Gasteiger partial charge in [-0.3, -0.25) is 4.79 Å². The lowest BCUT2D eigenvalue weighted by molar-refractivity contribution is -0.123. The molecule has 1 fully saturated rings. The molecule has 0 bridgehead atoms. The van der Waals surface area contributed by atoms with Gasteiger partial charge in [0.2, 0.25) is 5.91 Å². The minimum Gasteiger partial charge on any atom is -0.489 e. The lowest BCUT2D eigenvalue weighted by Gasteiger charge is -2.17. The third-order valence-electron chi connectivity index (χ3n) is 3.09. The van der Waals surface area contributed by atoms with E-state index in [1.807, 2.05) is 19.1 Å². The van der Waals surface area contributed by atoms with Crippen LogP contribution in [-0.2, 0) is 4.79 Å². The normalized spacial score (nSPS) is 20.0. The molecule has 0 aliphatic carbocycles. The number of benzene rings is 1. The Morgan fingerprint density at radius 1 is 1.53 bits per heavy atom. The van der Waals surface area contributed by atoms with Crippen LogP contribution < -0.4 is 15.4 Å². The molecule has 0 saturated carbocycles. The van der Waals surface area contributed by atoms with E-state index in [4.69, 9.17) is 16.3 Å². The van der Waals surface area contributed by atoms with Crippen molar-refractivity contribution in [3.8, 4) is 5.75 Å². The van der Waals surface area contributed by atoms with Crippen LogP contribution in [-0.4, -0.2) is 31.1 Å². The maximum atomic E-state index is 11.8. The van der Waals surface area contributed by atoms with E-state index >= 15 is 0 Å². The molecular weight excluding hydrogens is 264 g/mol. The van der Waals surface area contributed by atoms with Crippen molar-refractivity contribution >= 4 is 17.5 Å². The fourth-order valence-corrected chi connectivity index (χ4v) is 2.19. The summed E-state index contributed by atoms with van der Waals surface area (Å²) in [7, 11) is 0. The van der Waals surface area contributed by atoms with Gasteiger partial charge in [-0.15, -0.1) is 0 Å². The van der Waals surface area contributed by atoms with E-state index in [-0.39, 0.29) is 18.1 Å². The Hall–Kier alpha value is -1.26. The summed E-state index contributed by atoms with van der Waals surface area (Å²) in [5.41, 5.74) is 0. The number of halogens is 1. The monoisotopic (exact) mass is 282 g/mol. The zero-order valence-electron chi connectivity index (χ0n) is 11.0. The second-order valence-corrected chi connectivity index (χ2v) is 5.21. The first-order chi connectivity index (χ1) is 9.15. The molecule has 2 rings (SSSR count). The molecular formula is C14H19ClN2O2. The van der Waals surface area contributed by atoms with Crippen molar-refractivity contribution < 1.29 is 9.53 Å². The molecule has 19 heavy (non-hydrogen) atoms. The Labute approximate surface area is 118 Å². The Bertz CT molecular complexity index is 416. The van der Waals surface area contributed by atoms with Gasteiger partial charge in [0, 0.05) is 5.02 Å². The van der Waals surface area contributed by atoms with E-state index < -0.39 is 0 Å². The van der Waals surface area contributed by atoms with Gasteiger partial charge < -0.3 is 15.4 Å². The van der Waals surface area contributed by atoms with Gasteiger partial charge in [0.15, 0.2) is 0 Å². The average molecular weight is 283 g/mol. The Balaban J connectivity index is 1.73. The topological polar surface area (TPSA) is 50.4 Å². The summed E-state index contributed by atoms with van der Waals surface area (Å²) in [6.07, 6.45) is 1.90. The first-order valence-corrected chi connectivity index (χ1v) is 6.96. The van der Waals surface area contributed by atoms with E-state index in [0.29, 0.717) is 11.6 Å². The van der Waals surface area contributed by atoms with Crippen LogP contribution in [0.25, 0.3) is 0 Å². The molecule has 2 N–H and O–H groups in total. The molecule has 1 heterocycles. The van der Waals surface area contributed by atoms with Crippen LogP contribution in [0.2, 0.25) is 5.02 Å². The van der Waals surface area contributed by atoms with Crippen molar-refractivity contribution in [2.24, 2.45) is 0 Å². The lowest BCUT2D eigenvalue weighted by Crippen LogP contribution is -2.43.